The van der Waals surface area contributed by atoms with Crippen LogP contribution in [0, 0.1) is 12.8 Å². The quantitative estimate of drug-likeness (QED) is 0.905. The molecule has 0 saturated carbocycles. The van der Waals surface area contributed by atoms with Crippen LogP contribution in [-0.2, 0) is 16.0 Å². The molecule has 1 amide bonds. The molecule has 1 aromatic heterocycles. The van der Waals surface area contributed by atoms with Crippen molar-refractivity contribution in [3.63, 3.8) is 0 Å². The van der Waals surface area contributed by atoms with Gasteiger partial charge in [-0.15, -0.1) is 11.3 Å². The number of rotatable bonds is 5. The van der Waals surface area contributed by atoms with Crippen molar-refractivity contribution < 1.29 is 19.4 Å². The lowest BCUT2D eigenvalue weighted by Gasteiger charge is -2.28. The van der Waals surface area contributed by atoms with Crippen molar-refractivity contribution in [3.05, 3.63) is 21.4 Å². The summed E-state index contributed by atoms with van der Waals surface area (Å²) < 4.78 is 5.28. The first-order valence-corrected chi connectivity index (χ1v) is 8.02. The number of thiophene rings is 1. The number of likely N-dealkylation sites (N-methyl/N-ethyl adjacent to an activating group) is 1. The zero-order valence-corrected chi connectivity index (χ0v) is 13.4. The average Bonchev–Trinajstić information content (AvgIpc) is 3.06. The number of amides is 1. The molecular formula is C15H21NO4S. The smallest absolute Gasteiger partial charge is 0.311 e. The summed E-state index contributed by atoms with van der Waals surface area (Å²) in [7, 11) is 0. The predicted molar refractivity (Wildman–Crippen MR) is 80.9 cm³/mol. The lowest BCUT2D eigenvalue weighted by atomic mass is 10.0. The van der Waals surface area contributed by atoms with E-state index < -0.39 is 11.9 Å². The number of aliphatic carboxylic acids is 1. The number of carboxylic acid groups (broad SMARTS) is 1. The molecule has 1 saturated heterocycles. The highest BCUT2D eigenvalue weighted by Gasteiger charge is 2.40. The molecule has 2 unspecified atom stereocenters. The maximum absolute atomic E-state index is 12.7. The van der Waals surface area contributed by atoms with Crippen molar-refractivity contribution in [1.29, 1.82) is 0 Å². The van der Waals surface area contributed by atoms with Gasteiger partial charge in [0.2, 0.25) is 0 Å². The zero-order chi connectivity index (χ0) is 15.6. The molecule has 6 heteroatoms. The fourth-order valence-electron chi connectivity index (χ4n) is 2.73. The van der Waals surface area contributed by atoms with Gasteiger partial charge < -0.3 is 14.7 Å². The summed E-state index contributed by atoms with van der Waals surface area (Å²) in [4.78, 5) is 27.4. The van der Waals surface area contributed by atoms with Crippen LogP contribution in [0.15, 0.2) is 6.07 Å². The van der Waals surface area contributed by atoms with Crippen molar-refractivity contribution in [2.75, 3.05) is 19.8 Å². The first-order chi connectivity index (χ1) is 9.99. The van der Waals surface area contributed by atoms with Gasteiger partial charge in [-0.25, -0.2) is 0 Å². The number of aryl methyl sites for hydroxylation is 2. The number of carboxylic acids is 1. The van der Waals surface area contributed by atoms with E-state index in [0.29, 0.717) is 18.0 Å². The molecular weight excluding hydrogens is 290 g/mol. The maximum atomic E-state index is 12.7. The Morgan fingerprint density at radius 1 is 1.43 bits per heavy atom. The van der Waals surface area contributed by atoms with Gasteiger partial charge in [0.1, 0.15) is 5.92 Å². The maximum Gasteiger partial charge on any atom is 0.311 e. The van der Waals surface area contributed by atoms with Crippen LogP contribution in [-0.4, -0.2) is 47.7 Å². The Labute approximate surface area is 128 Å². The summed E-state index contributed by atoms with van der Waals surface area (Å²) in [6, 6.07) is 1.55. The van der Waals surface area contributed by atoms with E-state index in [0.717, 1.165) is 11.3 Å². The summed E-state index contributed by atoms with van der Waals surface area (Å²) in [6.45, 7) is 6.89. The first kappa shape index (κ1) is 16.0. The predicted octanol–water partition coefficient (Wildman–Crippen LogP) is 2.18. The van der Waals surface area contributed by atoms with E-state index in [2.05, 4.69) is 6.92 Å². The molecule has 0 radical (unpaired) electrons. The van der Waals surface area contributed by atoms with E-state index in [1.807, 2.05) is 19.9 Å². The molecule has 1 N–H and O–H groups in total. The van der Waals surface area contributed by atoms with Crippen molar-refractivity contribution in [2.45, 2.75) is 33.2 Å². The van der Waals surface area contributed by atoms with E-state index in [4.69, 9.17) is 4.74 Å². The van der Waals surface area contributed by atoms with Gasteiger partial charge in [-0.2, -0.15) is 0 Å². The van der Waals surface area contributed by atoms with Gasteiger partial charge in [-0.3, -0.25) is 9.59 Å². The van der Waals surface area contributed by atoms with E-state index in [1.54, 1.807) is 4.90 Å². The summed E-state index contributed by atoms with van der Waals surface area (Å²) in [5.74, 6) is -1.63. The molecule has 2 heterocycles. The highest BCUT2D eigenvalue weighted by Crippen LogP contribution is 2.27. The van der Waals surface area contributed by atoms with Crippen LogP contribution < -0.4 is 0 Å². The van der Waals surface area contributed by atoms with Crippen molar-refractivity contribution in [3.8, 4) is 0 Å². The zero-order valence-electron chi connectivity index (χ0n) is 12.6. The fraction of sp³-hybridized carbons (Fsp3) is 0.600. The van der Waals surface area contributed by atoms with E-state index >= 15 is 0 Å². The molecule has 1 fully saturated rings. The van der Waals surface area contributed by atoms with Gasteiger partial charge in [0.25, 0.3) is 5.91 Å². The molecule has 0 aromatic carbocycles. The third-order valence-corrected chi connectivity index (χ3v) is 5.06. The topological polar surface area (TPSA) is 66.8 Å². The van der Waals surface area contributed by atoms with E-state index in [-0.39, 0.29) is 18.6 Å². The molecule has 0 spiro atoms. The van der Waals surface area contributed by atoms with Crippen molar-refractivity contribution in [1.82, 2.24) is 4.90 Å². The summed E-state index contributed by atoms with van der Waals surface area (Å²) in [5, 5.41) is 9.25. The number of carbonyl (C=O) groups excluding carboxylic acids is 1. The second kappa shape index (κ2) is 6.58. The molecule has 0 aliphatic carbocycles. The van der Waals surface area contributed by atoms with E-state index in [1.165, 1.54) is 16.9 Å². The van der Waals surface area contributed by atoms with Crippen LogP contribution in [0.5, 0.6) is 0 Å². The first-order valence-electron chi connectivity index (χ1n) is 7.20. The van der Waals surface area contributed by atoms with Crippen LogP contribution in [0.3, 0.4) is 0 Å². The number of hydrogen-bond donors (Lipinski definition) is 1. The van der Waals surface area contributed by atoms with E-state index in [9.17, 15) is 14.7 Å². The van der Waals surface area contributed by atoms with Gasteiger partial charge in [0.05, 0.1) is 24.1 Å². The Morgan fingerprint density at radius 3 is 2.67 bits per heavy atom. The molecule has 0 bridgehead atoms. The Morgan fingerprint density at radius 2 is 2.14 bits per heavy atom. The van der Waals surface area contributed by atoms with Crippen LogP contribution >= 0.6 is 11.3 Å². The van der Waals surface area contributed by atoms with Crippen LogP contribution in [0.4, 0.5) is 0 Å². The Balaban J connectivity index is 2.23. The molecule has 1 aliphatic heterocycles. The minimum absolute atomic E-state index is 0.0907. The Hall–Kier alpha value is -1.40. The van der Waals surface area contributed by atoms with Crippen LogP contribution in [0.1, 0.15) is 34.0 Å². The summed E-state index contributed by atoms with van der Waals surface area (Å²) in [6.07, 6.45) is 0.895. The third kappa shape index (κ3) is 3.11. The molecule has 2 atom stereocenters. The summed E-state index contributed by atoms with van der Waals surface area (Å²) >= 11 is 1.48. The summed E-state index contributed by atoms with van der Waals surface area (Å²) in [5.41, 5.74) is 1.18. The van der Waals surface area contributed by atoms with Crippen LogP contribution in [0.25, 0.3) is 0 Å². The van der Waals surface area contributed by atoms with Gasteiger partial charge in [-0.05, 0) is 31.9 Å². The second-order valence-electron chi connectivity index (χ2n) is 5.19. The van der Waals surface area contributed by atoms with Gasteiger partial charge in [-0.1, -0.05) is 6.92 Å². The fourth-order valence-corrected chi connectivity index (χ4v) is 3.80. The van der Waals surface area contributed by atoms with Gasteiger partial charge >= 0.3 is 5.97 Å². The SMILES string of the molecule is CCc1cc(C(=O)N(CC)C2COCC2C(=O)O)sc1C. The average molecular weight is 311 g/mol. The molecule has 116 valence electrons. The molecule has 21 heavy (non-hydrogen) atoms. The second-order valence-corrected chi connectivity index (χ2v) is 6.44. The molecule has 1 aromatic rings. The molecule has 1 aliphatic rings. The van der Waals surface area contributed by atoms with Crippen LogP contribution in [0.2, 0.25) is 0 Å². The standard InChI is InChI=1S/C15H21NO4S/c1-4-10-6-13(21-9(10)3)14(17)16(5-2)12-8-20-7-11(12)15(18)19/h6,11-12H,4-5,7-8H2,1-3H3,(H,18,19). The van der Waals surface area contributed by atoms with Gasteiger partial charge in [0, 0.05) is 11.4 Å². The molecule has 5 nitrogen and oxygen atoms in total. The lowest BCUT2D eigenvalue weighted by molar-refractivity contribution is -0.142. The lowest BCUT2D eigenvalue weighted by Crippen LogP contribution is -2.46. The molecule has 2 rings (SSSR count). The van der Waals surface area contributed by atoms with Crippen molar-refractivity contribution in [2.24, 2.45) is 5.92 Å². The third-order valence-electron chi connectivity index (χ3n) is 3.98. The minimum atomic E-state index is -0.902. The number of ether oxygens (including phenoxy) is 1. The largest absolute Gasteiger partial charge is 0.481 e. The highest BCUT2D eigenvalue weighted by atomic mass is 32.1. The number of carbonyl (C=O) groups is 2. The number of hydrogen-bond acceptors (Lipinski definition) is 4. The Bertz CT molecular complexity index is 540. The van der Waals surface area contributed by atoms with Crippen molar-refractivity contribution >= 4 is 23.2 Å². The minimum Gasteiger partial charge on any atom is -0.481 e. The normalized spacial score (nSPS) is 21.5. The van der Waals surface area contributed by atoms with Gasteiger partial charge in [0.15, 0.2) is 0 Å². The Kier molecular flexibility index (Phi) is 5.00. The number of nitrogens with zero attached hydrogens (tertiary/aromatic N) is 1. The monoisotopic (exact) mass is 311 g/mol. The highest BCUT2D eigenvalue weighted by molar-refractivity contribution is 7.14.